The molecule has 0 unspecified atom stereocenters. The zero-order chi connectivity index (χ0) is 18.0. The lowest BCUT2D eigenvalue weighted by atomic mass is 10.1. The SMILES string of the molecule is CCc1ccn2c(C(=O)OCC(F)(F)F)c(-c3ccccc3)nc2c1. The van der Waals surface area contributed by atoms with Crippen molar-refractivity contribution in [2.45, 2.75) is 19.5 Å². The van der Waals surface area contributed by atoms with E-state index in [1.807, 2.05) is 6.92 Å². The zero-order valence-corrected chi connectivity index (χ0v) is 13.4. The second-order valence-electron chi connectivity index (χ2n) is 5.48. The number of hydrogen-bond acceptors (Lipinski definition) is 3. The Kier molecular flexibility index (Phi) is 4.48. The van der Waals surface area contributed by atoms with E-state index in [4.69, 9.17) is 0 Å². The molecule has 2 aromatic heterocycles. The summed E-state index contributed by atoms with van der Waals surface area (Å²) < 4.78 is 43.1. The molecule has 1 aromatic carbocycles. The van der Waals surface area contributed by atoms with E-state index in [-0.39, 0.29) is 5.69 Å². The summed E-state index contributed by atoms with van der Waals surface area (Å²) in [5.74, 6) is -1.06. The zero-order valence-electron chi connectivity index (χ0n) is 13.4. The molecule has 0 bridgehead atoms. The molecule has 0 aliphatic heterocycles. The number of aryl methyl sites for hydroxylation is 1. The van der Waals surface area contributed by atoms with E-state index in [1.54, 1.807) is 48.7 Å². The van der Waals surface area contributed by atoms with Crippen LogP contribution in [-0.4, -0.2) is 28.1 Å². The number of halogens is 3. The van der Waals surface area contributed by atoms with Gasteiger partial charge < -0.3 is 4.74 Å². The number of esters is 1. The summed E-state index contributed by atoms with van der Waals surface area (Å²) in [7, 11) is 0. The van der Waals surface area contributed by atoms with Crippen LogP contribution in [0.4, 0.5) is 13.2 Å². The molecule has 0 amide bonds. The van der Waals surface area contributed by atoms with Gasteiger partial charge in [-0.3, -0.25) is 4.40 Å². The summed E-state index contributed by atoms with van der Waals surface area (Å²) in [6, 6.07) is 12.4. The molecule has 0 spiro atoms. The molecule has 3 rings (SSSR count). The minimum Gasteiger partial charge on any atom is -0.451 e. The standard InChI is InChI=1S/C18H15F3N2O2/c1-2-12-8-9-23-14(10-12)22-15(13-6-4-3-5-7-13)16(23)17(24)25-11-18(19,20)21/h3-10H,2,11H2,1H3. The lowest BCUT2D eigenvalue weighted by Gasteiger charge is -2.09. The van der Waals surface area contributed by atoms with Gasteiger partial charge in [-0.2, -0.15) is 13.2 Å². The van der Waals surface area contributed by atoms with Crippen molar-refractivity contribution in [1.82, 2.24) is 9.38 Å². The number of nitrogens with zero attached hydrogens (tertiary/aromatic N) is 2. The molecular formula is C18H15F3N2O2. The lowest BCUT2D eigenvalue weighted by Crippen LogP contribution is -2.21. The summed E-state index contributed by atoms with van der Waals surface area (Å²) in [6.45, 7) is 0.339. The van der Waals surface area contributed by atoms with Crippen molar-refractivity contribution in [3.8, 4) is 11.3 Å². The van der Waals surface area contributed by atoms with Gasteiger partial charge in [-0.25, -0.2) is 9.78 Å². The Morgan fingerprint density at radius 2 is 1.92 bits per heavy atom. The summed E-state index contributed by atoms with van der Waals surface area (Å²) in [6.07, 6.45) is -2.19. The summed E-state index contributed by atoms with van der Waals surface area (Å²) in [4.78, 5) is 16.8. The van der Waals surface area contributed by atoms with Gasteiger partial charge in [-0.05, 0) is 24.1 Å². The quantitative estimate of drug-likeness (QED) is 0.661. The number of imidazole rings is 1. The third kappa shape index (κ3) is 3.65. The third-order valence-electron chi connectivity index (χ3n) is 3.71. The molecular weight excluding hydrogens is 333 g/mol. The van der Waals surface area contributed by atoms with E-state index in [9.17, 15) is 18.0 Å². The maximum absolute atomic E-state index is 12.4. The summed E-state index contributed by atoms with van der Waals surface area (Å²) in [5.41, 5.74) is 2.39. The normalized spacial score (nSPS) is 11.7. The molecule has 0 radical (unpaired) electrons. The molecule has 2 heterocycles. The van der Waals surface area contributed by atoms with E-state index in [2.05, 4.69) is 9.72 Å². The first-order chi connectivity index (χ1) is 11.9. The predicted octanol–water partition coefficient (Wildman–Crippen LogP) is 4.28. The number of carbonyl (C=O) groups is 1. The van der Waals surface area contributed by atoms with Crippen LogP contribution in [-0.2, 0) is 11.2 Å². The Morgan fingerprint density at radius 3 is 2.56 bits per heavy atom. The molecule has 0 N–H and O–H groups in total. The number of pyridine rings is 1. The first kappa shape index (κ1) is 17.0. The van der Waals surface area contributed by atoms with E-state index in [0.717, 1.165) is 12.0 Å². The van der Waals surface area contributed by atoms with Crippen LogP contribution in [0.5, 0.6) is 0 Å². The van der Waals surface area contributed by atoms with Gasteiger partial charge in [0, 0.05) is 11.8 Å². The molecule has 25 heavy (non-hydrogen) atoms. The molecule has 0 aliphatic carbocycles. The fourth-order valence-electron chi connectivity index (χ4n) is 2.51. The maximum atomic E-state index is 12.4. The van der Waals surface area contributed by atoms with Crippen LogP contribution in [0.2, 0.25) is 0 Å². The third-order valence-corrected chi connectivity index (χ3v) is 3.71. The van der Waals surface area contributed by atoms with Crippen molar-refractivity contribution in [3.05, 3.63) is 59.9 Å². The Hall–Kier alpha value is -2.83. The number of alkyl halides is 3. The second-order valence-corrected chi connectivity index (χ2v) is 5.48. The minimum atomic E-state index is -4.58. The number of benzene rings is 1. The number of hydrogen-bond donors (Lipinski definition) is 0. The molecule has 130 valence electrons. The molecule has 0 saturated carbocycles. The monoisotopic (exact) mass is 348 g/mol. The maximum Gasteiger partial charge on any atom is 0.422 e. The van der Waals surface area contributed by atoms with Gasteiger partial charge >= 0.3 is 12.1 Å². The van der Waals surface area contributed by atoms with Gasteiger partial charge in [0.1, 0.15) is 11.3 Å². The molecule has 7 heteroatoms. The molecule has 0 atom stereocenters. The largest absolute Gasteiger partial charge is 0.451 e. The van der Waals surface area contributed by atoms with Gasteiger partial charge in [-0.1, -0.05) is 37.3 Å². The van der Waals surface area contributed by atoms with E-state index in [0.29, 0.717) is 16.9 Å². The van der Waals surface area contributed by atoms with Crippen LogP contribution in [0.1, 0.15) is 23.0 Å². The van der Waals surface area contributed by atoms with Crippen LogP contribution in [0.25, 0.3) is 16.9 Å². The van der Waals surface area contributed by atoms with Crippen molar-refractivity contribution >= 4 is 11.6 Å². The smallest absolute Gasteiger partial charge is 0.422 e. The van der Waals surface area contributed by atoms with Gasteiger partial charge in [0.25, 0.3) is 0 Å². The van der Waals surface area contributed by atoms with Crippen LogP contribution in [0, 0.1) is 0 Å². The van der Waals surface area contributed by atoms with Crippen molar-refractivity contribution in [3.63, 3.8) is 0 Å². The molecule has 0 fully saturated rings. The van der Waals surface area contributed by atoms with Crippen molar-refractivity contribution < 1.29 is 22.7 Å². The van der Waals surface area contributed by atoms with E-state index < -0.39 is 18.8 Å². The Labute approximate surface area is 141 Å². The molecule has 0 aliphatic rings. The van der Waals surface area contributed by atoms with Gasteiger partial charge in [-0.15, -0.1) is 0 Å². The molecule has 3 aromatic rings. The van der Waals surface area contributed by atoms with Crippen LogP contribution < -0.4 is 0 Å². The molecule has 0 saturated heterocycles. The van der Waals surface area contributed by atoms with Crippen LogP contribution >= 0.6 is 0 Å². The first-order valence-corrected chi connectivity index (χ1v) is 7.69. The number of rotatable bonds is 4. The Balaban J connectivity index is 2.11. The Morgan fingerprint density at radius 1 is 1.20 bits per heavy atom. The fraction of sp³-hybridized carbons (Fsp3) is 0.222. The highest BCUT2D eigenvalue weighted by Crippen LogP contribution is 2.26. The highest BCUT2D eigenvalue weighted by molar-refractivity contribution is 5.96. The molecule has 4 nitrogen and oxygen atoms in total. The second kappa shape index (κ2) is 6.58. The summed E-state index contributed by atoms with van der Waals surface area (Å²) in [5, 5.41) is 0. The number of carbonyl (C=O) groups excluding carboxylic acids is 1. The summed E-state index contributed by atoms with van der Waals surface area (Å²) >= 11 is 0. The van der Waals surface area contributed by atoms with Crippen LogP contribution in [0.3, 0.4) is 0 Å². The van der Waals surface area contributed by atoms with Gasteiger partial charge in [0.15, 0.2) is 12.3 Å². The topological polar surface area (TPSA) is 43.6 Å². The fourth-order valence-corrected chi connectivity index (χ4v) is 2.51. The van der Waals surface area contributed by atoms with Crippen molar-refractivity contribution in [2.24, 2.45) is 0 Å². The minimum absolute atomic E-state index is 0.0203. The van der Waals surface area contributed by atoms with E-state index in [1.165, 1.54) is 4.40 Å². The van der Waals surface area contributed by atoms with E-state index >= 15 is 0 Å². The average molecular weight is 348 g/mol. The van der Waals surface area contributed by atoms with Crippen molar-refractivity contribution in [1.29, 1.82) is 0 Å². The lowest BCUT2D eigenvalue weighted by molar-refractivity contribution is -0.161. The van der Waals surface area contributed by atoms with Gasteiger partial charge in [0.2, 0.25) is 0 Å². The Bertz CT molecular complexity index is 902. The highest BCUT2D eigenvalue weighted by atomic mass is 19.4. The predicted molar refractivity (Wildman–Crippen MR) is 86.3 cm³/mol. The average Bonchev–Trinajstić information content (AvgIpc) is 2.98. The number of aromatic nitrogens is 2. The van der Waals surface area contributed by atoms with Crippen molar-refractivity contribution in [2.75, 3.05) is 6.61 Å². The van der Waals surface area contributed by atoms with Gasteiger partial charge in [0.05, 0.1) is 0 Å². The highest BCUT2D eigenvalue weighted by Gasteiger charge is 2.31. The van der Waals surface area contributed by atoms with Crippen LogP contribution in [0.15, 0.2) is 48.7 Å². The first-order valence-electron chi connectivity index (χ1n) is 7.69. The number of ether oxygens (including phenoxy) is 1. The number of fused-ring (bicyclic) bond motifs is 1.